The van der Waals surface area contributed by atoms with E-state index in [2.05, 4.69) is 5.32 Å². The Kier molecular flexibility index (Phi) is 4.50. The highest BCUT2D eigenvalue weighted by Gasteiger charge is 2.16. The number of aliphatic hydroxyl groups excluding tert-OH is 1. The number of nitrogens with one attached hydrogen (secondary N) is 1. The normalized spacial score (nSPS) is 18.3. The van der Waals surface area contributed by atoms with E-state index in [9.17, 15) is 0 Å². The van der Waals surface area contributed by atoms with Gasteiger partial charge >= 0.3 is 0 Å². The summed E-state index contributed by atoms with van der Waals surface area (Å²) >= 11 is 0. The van der Waals surface area contributed by atoms with E-state index in [1.165, 1.54) is 0 Å². The van der Waals surface area contributed by atoms with Crippen LogP contribution in [0.25, 0.3) is 0 Å². The largest absolute Gasteiger partial charge is 0.396 e. The first-order valence-corrected chi connectivity index (χ1v) is 4.35. The first-order valence-electron chi connectivity index (χ1n) is 4.35. The maximum atomic E-state index is 8.49. The summed E-state index contributed by atoms with van der Waals surface area (Å²) in [4.78, 5) is 0. The maximum absolute atomic E-state index is 8.49. The van der Waals surface area contributed by atoms with Crippen molar-refractivity contribution in [3.8, 4) is 0 Å². The van der Waals surface area contributed by atoms with E-state index in [4.69, 9.17) is 9.84 Å². The number of ether oxygens (including phenoxy) is 1. The molecule has 1 aliphatic heterocycles. The van der Waals surface area contributed by atoms with Crippen LogP contribution in [-0.4, -0.2) is 37.5 Å². The minimum atomic E-state index is 0.326. The summed E-state index contributed by atoms with van der Waals surface area (Å²) in [7, 11) is 0. The molecule has 0 aromatic heterocycles. The van der Waals surface area contributed by atoms with Gasteiger partial charge in [-0.25, -0.2) is 0 Å². The summed E-state index contributed by atoms with van der Waals surface area (Å²) < 4.78 is 5.01. The summed E-state index contributed by atoms with van der Waals surface area (Å²) in [5.74, 6) is 0. The Hall–Kier alpha value is -0.120. The van der Waals surface area contributed by atoms with Gasteiger partial charge in [-0.2, -0.15) is 0 Å². The highest BCUT2D eigenvalue weighted by Crippen LogP contribution is 2.00. The van der Waals surface area contributed by atoms with Crippen molar-refractivity contribution in [1.29, 1.82) is 0 Å². The third kappa shape index (κ3) is 3.70. The van der Waals surface area contributed by atoms with Crippen LogP contribution in [0, 0.1) is 0 Å². The van der Waals surface area contributed by atoms with Crippen molar-refractivity contribution in [3.63, 3.8) is 0 Å². The van der Waals surface area contributed by atoms with E-state index < -0.39 is 0 Å². The van der Waals surface area contributed by atoms with Gasteiger partial charge in [-0.3, -0.25) is 0 Å². The van der Waals surface area contributed by atoms with E-state index in [0.717, 1.165) is 39.0 Å². The van der Waals surface area contributed by atoms with Gasteiger partial charge in [-0.15, -0.1) is 0 Å². The fourth-order valence-electron chi connectivity index (χ4n) is 1.07. The van der Waals surface area contributed by atoms with Crippen molar-refractivity contribution in [2.45, 2.75) is 25.3 Å². The first-order chi connectivity index (χ1) is 5.43. The molecule has 1 rings (SSSR count). The topological polar surface area (TPSA) is 41.5 Å². The van der Waals surface area contributed by atoms with Crippen LogP contribution in [0.2, 0.25) is 0 Å². The lowest BCUT2D eigenvalue weighted by Gasteiger charge is -2.26. The molecule has 66 valence electrons. The molecule has 1 heterocycles. The first kappa shape index (κ1) is 8.97. The van der Waals surface area contributed by atoms with Gasteiger partial charge in [-0.05, 0) is 25.8 Å². The van der Waals surface area contributed by atoms with Gasteiger partial charge < -0.3 is 15.2 Å². The molecule has 1 fully saturated rings. The van der Waals surface area contributed by atoms with Crippen LogP contribution in [-0.2, 0) is 4.74 Å². The molecule has 0 atom stereocenters. The molecule has 1 saturated heterocycles. The minimum absolute atomic E-state index is 0.326. The molecule has 0 aliphatic carbocycles. The Bertz CT molecular complexity index is 94.1. The van der Waals surface area contributed by atoms with E-state index in [1.54, 1.807) is 0 Å². The second-order valence-electron chi connectivity index (χ2n) is 2.97. The molecular formula is C8H17NO2. The predicted molar refractivity (Wildman–Crippen MR) is 43.5 cm³/mol. The molecule has 0 spiro atoms. The Morgan fingerprint density at radius 2 is 2.09 bits per heavy atom. The molecule has 3 heteroatoms. The Balaban J connectivity index is 1.73. The standard InChI is InChI=1S/C8H17NO2/c10-5-3-1-2-4-9-8-6-11-7-8/h8-10H,1-7H2. The van der Waals surface area contributed by atoms with Gasteiger partial charge in [0.15, 0.2) is 0 Å². The highest BCUT2D eigenvalue weighted by atomic mass is 16.5. The van der Waals surface area contributed by atoms with Crippen LogP contribution in [0.15, 0.2) is 0 Å². The van der Waals surface area contributed by atoms with E-state index >= 15 is 0 Å². The Labute approximate surface area is 67.7 Å². The monoisotopic (exact) mass is 159 g/mol. The van der Waals surface area contributed by atoms with Gasteiger partial charge in [-0.1, -0.05) is 0 Å². The van der Waals surface area contributed by atoms with E-state index in [-0.39, 0.29) is 0 Å². The smallest absolute Gasteiger partial charge is 0.0643 e. The summed E-state index contributed by atoms with van der Waals surface area (Å²) in [6.45, 7) is 3.14. The lowest BCUT2D eigenvalue weighted by atomic mass is 10.2. The third-order valence-corrected chi connectivity index (χ3v) is 1.91. The van der Waals surface area contributed by atoms with Crippen LogP contribution < -0.4 is 5.32 Å². The molecule has 1 aliphatic rings. The number of hydrogen-bond donors (Lipinski definition) is 2. The lowest BCUT2D eigenvalue weighted by molar-refractivity contribution is -0.00499. The van der Waals surface area contributed by atoms with Crippen molar-refractivity contribution in [2.75, 3.05) is 26.4 Å². The van der Waals surface area contributed by atoms with E-state index in [0.29, 0.717) is 12.6 Å². The lowest BCUT2D eigenvalue weighted by Crippen LogP contribution is -2.46. The molecule has 0 amide bonds. The fourth-order valence-corrected chi connectivity index (χ4v) is 1.07. The van der Waals surface area contributed by atoms with Crippen molar-refractivity contribution in [2.24, 2.45) is 0 Å². The maximum Gasteiger partial charge on any atom is 0.0643 e. The Morgan fingerprint density at radius 1 is 1.27 bits per heavy atom. The van der Waals surface area contributed by atoms with Crippen LogP contribution >= 0.6 is 0 Å². The third-order valence-electron chi connectivity index (χ3n) is 1.91. The minimum Gasteiger partial charge on any atom is -0.396 e. The molecule has 3 nitrogen and oxygen atoms in total. The van der Waals surface area contributed by atoms with Crippen LogP contribution in [0.1, 0.15) is 19.3 Å². The van der Waals surface area contributed by atoms with Crippen LogP contribution in [0.3, 0.4) is 0 Å². The van der Waals surface area contributed by atoms with E-state index in [1.807, 2.05) is 0 Å². The highest BCUT2D eigenvalue weighted by molar-refractivity contribution is 4.72. The molecule has 0 aromatic rings. The molecule has 0 radical (unpaired) electrons. The molecule has 11 heavy (non-hydrogen) atoms. The molecule has 0 unspecified atom stereocenters. The Morgan fingerprint density at radius 3 is 2.64 bits per heavy atom. The zero-order chi connectivity index (χ0) is 7.94. The second kappa shape index (κ2) is 5.52. The zero-order valence-corrected chi connectivity index (χ0v) is 6.88. The van der Waals surface area contributed by atoms with Gasteiger partial charge in [0, 0.05) is 6.61 Å². The number of hydrogen-bond acceptors (Lipinski definition) is 3. The van der Waals surface area contributed by atoms with Crippen molar-refractivity contribution < 1.29 is 9.84 Å². The number of unbranched alkanes of at least 4 members (excludes halogenated alkanes) is 2. The molecule has 0 aromatic carbocycles. The summed E-state index contributed by atoms with van der Waals surface area (Å²) in [6, 6.07) is 0.601. The predicted octanol–water partition coefficient (Wildman–Crippen LogP) is 0.137. The van der Waals surface area contributed by atoms with Gasteiger partial charge in [0.2, 0.25) is 0 Å². The number of rotatable bonds is 6. The molecule has 2 N–H and O–H groups in total. The average molecular weight is 159 g/mol. The molecular weight excluding hydrogens is 142 g/mol. The van der Waals surface area contributed by atoms with Gasteiger partial charge in [0.1, 0.15) is 0 Å². The summed E-state index contributed by atoms with van der Waals surface area (Å²) in [5, 5.41) is 11.9. The van der Waals surface area contributed by atoms with Crippen LogP contribution in [0.5, 0.6) is 0 Å². The van der Waals surface area contributed by atoms with Crippen molar-refractivity contribution >= 4 is 0 Å². The van der Waals surface area contributed by atoms with Crippen LogP contribution in [0.4, 0.5) is 0 Å². The van der Waals surface area contributed by atoms with Crippen molar-refractivity contribution in [3.05, 3.63) is 0 Å². The van der Waals surface area contributed by atoms with Gasteiger partial charge in [0.05, 0.1) is 19.3 Å². The SMILES string of the molecule is OCCCCCNC1COC1. The fraction of sp³-hybridized carbons (Fsp3) is 1.00. The molecule has 0 saturated carbocycles. The molecule has 0 bridgehead atoms. The quantitative estimate of drug-likeness (QED) is 0.542. The summed E-state index contributed by atoms with van der Waals surface area (Å²) in [5.41, 5.74) is 0. The van der Waals surface area contributed by atoms with Gasteiger partial charge in [0.25, 0.3) is 0 Å². The average Bonchev–Trinajstić information content (AvgIpc) is 1.93. The number of aliphatic hydroxyl groups is 1. The van der Waals surface area contributed by atoms with Crippen molar-refractivity contribution in [1.82, 2.24) is 5.32 Å². The second-order valence-corrected chi connectivity index (χ2v) is 2.97. The summed E-state index contributed by atoms with van der Waals surface area (Å²) in [6.07, 6.45) is 3.22. The zero-order valence-electron chi connectivity index (χ0n) is 6.88.